The first kappa shape index (κ1) is 15.7. The molecule has 1 heterocycles. The Labute approximate surface area is 137 Å². The fourth-order valence-electron chi connectivity index (χ4n) is 2.68. The molecule has 1 aromatic carbocycles. The first-order chi connectivity index (χ1) is 11.4. The number of benzene rings is 1. The smallest absolute Gasteiger partial charge is 0.108 e. The van der Waals surface area contributed by atoms with Gasteiger partial charge in [-0.3, -0.25) is 4.98 Å². The molecular weight excluding hydrogens is 286 g/mol. The van der Waals surface area contributed by atoms with Gasteiger partial charge in [0.2, 0.25) is 0 Å². The van der Waals surface area contributed by atoms with Gasteiger partial charge in [0.15, 0.2) is 0 Å². The van der Waals surface area contributed by atoms with Crippen LogP contribution in [0.4, 0.5) is 0 Å². The van der Waals surface area contributed by atoms with E-state index in [0.717, 1.165) is 30.7 Å². The van der Waals surface area contributed by atoms with Crippen molar-refractivity contribution in [2.45, 2.75) is 19.8 Å². The number of nitrogens with zero attached hydrogens (tertiary/aromatic N) is 1. The lowest BCUT2D eigenvalue weighted by atomic mass is 10.1. The molecule has 1 aliphatic carbocycles. The van der Waals surface area contributed by atoms with Gasteiger partial charge in [0.1, 0.15) is 6.61 Å². The zero-order valence-electron chi connectivity index (χ0n) is 13.5. The maximum atomic E-state index is 5.43. The summed E-state index contributed by atoms with van der Waals surface area (Å²) in [7, 11) is 0. The molecule has 1 aromatic heterocycles. The summed E-state index contributed by atoms with van der Waals surface area (Å²) in [4.78, 5) is 4.56. The Bertz CT molecular complexity index is 728. The molecule has 118 valence electrons. The Hall–Kier alpha value is -2.15. The van der Waals surface area contributed by atoms with Gasteiger partial charge in [-0.2, -0.15) is 0 Å². The van der Waals surface area contributed by atoms with Crippen LogP contribution in [0.3, 0.4) is 0 Å². The lowest BCUT2D eigenvalue weighted by molar-refractivity contribution is 0.0604. The van der Waals surface area contributed by atoms with E-state index in [1.807, 2.05) is 6.20 Å². The van der Waals surface area contributed by atoms with Crippen LogP contribution >= 0.6 is 0 Å². The largest absolute Gasteiger partial charge is 0.379 e. The predicted octanol–water partition coefficient (Wildman–Crippen LogP) is 3.45. The standard InChI is InChI=1S/C20H21NO2/c1-2-9-22-11-12-23-10-5-6-16-13-19-18-8-4-3-7-17(18)14-20(19)21-15-16/h3-4,7-8,13,15H,2,9-12,14H2,1H3. The van der Waals surface area contributed by atoms with Crippen molar-refractivity contribution in [1.82, 2.24) is 4.98 Å². The second kappa shape index (κ2) is 7.92. The minimum atomic E-state index is 0.420. The van der Waals surface area contributed by atoms with Crippen molar-refractivity contribution < 1.29 is 9.47 Å². The van der Waals surface area contributed by atoms with Crippen LogP contribution in [-0.4, -0.2) is 31.4 Å². The normalized spacial score (nSPS) is 11.5. The first-order valence-electron chi connectivity index (χ1n) is 8.10. The number of ether oxygens (including phenoxy) is 2. The van der Waals surface area contributed by atoms with Crippen molar-refractivity contribution >= 4 is 0 Å². The van der Waals surface area contributed by atoms with E-state index < -0.39 is 0 Å². The number of rotatable bonds is 6. The molecule has 0 radical (unpaired) electrons. The maximum Gasteiger partial charge on any atom is 0.108 e. The molecule has 0 saturated carbocycles. The molecule has 0 saturated heterocycles. The van der Waals surface area contributed by atoms with Gasteiger partial charge in [-0.1, -0.05) is 43.0 Å². The molecule has 0 atom stereocenters. The summed E-state index contributed by atoms with van der Waals surface area (Å²) in [5.41, 5.74) is 5.91. The average Bonchev–Trinajstić information content (AvgIpc) is 2.95. The highest BCUT2D eigenvalue weighted by Crippen LogP contribution is 2.35. The molecule has 3 nitrogen and oxygen atoms in total. The fraction of sp³-hybridized carbons (Fsp3) is 0.350. The van der Waals surface area contributed by atoms with E-state index >= 15 is 0 Å². The molecule has 0 unspecified atom stereocenters. The van der Waals surface area contributed by atoms with E-state index in [1.54, 1.807) is 0 Å². The molecule has 0 amide bonds. The van der Waals surface area contributed by atoms with Gasteiger partial charge in [0, 0.05) is 30.4 Å². The van der Waals surface area contributed by atoms with Gasteiger partial charge in [-0.05, 0) is 23.6 Å². The summed E-state index contributed by atoms with van der Waals surface area (Å²) in [6.45, 7) is 4.52. The van der Waals surface area contributed by atoms with Crippen LogP contribution in [0.2, 0.25) is 0 Å². The van der Waals surface area contributed by atoms with E-state index in [1.165, 1.54) is 16.7 Å². The van der Waals surface area contributed by atoms with Crippen molar-refractivity contribution in [3.05, 3.63) is 53.3 Å². The number of fused-ring (bicyclic) bond motifs is 3. The molecule has 0 spiro atoms. The van der Waals surface area contributed by atoms with Crippen LogP contribution < -0.4 is 0 Å². The van der Waals surface area contributed by atoms with Crippen LogP contribution in [0, 0.1) is 11.8 Å². The lowest BCUT2D eigenvalue weighted by Gasteiger charge is -2.01. The maximum absolute atomic E-state index is 5.43. The minimum absolute atomic E-state index is 0.420. The zero-order chi connectivity index (χ0) is 15.9. The van der Waals surface area contributed by atoms with Crippen LogP contribution in [0.25, 0.3) is 11.1 Å². The van der Waals surface area contributed by atoms with Gasteiger partial charge in [0.05, 0.1) is 18.9 Å². The number of hydrogen-bond donors (Lipinski definition) is 0. The molecule has 0 N–H and O–H groups in total. The number of hydrogen-bond acceptors (Lipinski definition) is 3. The Morgan fingerprint density at radius 1 is 1.09 bits per heavy atom. The summed E-state index contributed by atoms with van der Waals surface area (Å²) < 4.78 is 10.8. The van der Waals surface area contributed by atoms with Gasteiger partial charge in [-0.25, -0.2) is 0 Å². The first-order valence-corrected chi connectivity index (χ1v) is 8.10. The van der Waals surface area contributed by atoms with Crippen molar-refractivity contribution in [3.8, 4) is 23.0 Å². The number of aromatic nitrogens is 1. The van der Waals surface area contributed by atoms with E-state index in [4.69, 9.17) is 9.47 Å². The molecule has 0 fully saturated rings. The Balaban J connectivity index is 1.56. The monoisotopic (exact) mass is 307 g/mol. The lowest BCUT2D eigenvalue weighted by Crippen LogP contribution is -2.04. The zero-order valence-corrected chi connectivity index (χ0v) is 13.5. The Morgan fingerprint density at radius 3 is 2.87 bits per heavy atom. The molecule has 23 heavy (non-hydrogen) atoms. The summed E-state index contributed by atoms with van der Waals surface area (Å²) in [5.74, 6) is 6.17. The summed E-state index contributed by atoms with van der Waals surface area (Å²) >= 11 is 0. The molecule has 0 aliphatic heterocycles. The topological polar surface area (TPSA) is 31.4 Å². The van der Waals surface area contributed by atoms with Crippen molar-refractivity contribution in [3.63, 3.8) is 0 Å². The second-order valence-corrected chi connectivity index (χ2v) is 5.52. The van der Waals surface area contributed by atoms with Crippen molar-refractivity contribution in [2.75, 3.05) is 26.4 Å². The van der Waals surface area contributed by atoms with E-state index in [0.29, 0.717) is 19.8 Å². The SMILES string of the molecule is CCCOCCOCC#Cc1cnc2c(c1)-c1ccccc1C2. The second-order valence-electron chi connectivity index (χ2n) is 5.52. The highest BCUT2D eigenvalue weighted by Gasteiger charge is 2.18. The highest BCUT2D eigenvalue weighted by atomic mass is 16.5. The Kier molecular flexibility index (Phi) is 5.42. The average molecular weight is 307 g/mol. The predicted molar refractivity (Wildman–Crippen MR) is 91.3 cm³/mol. The van der Waals surface area contributed by atoms with Crippen LogP contribution in [0.5, 0.6) is 0 Å². The third kappa shape index (κ3) is 3.98. The van der Waals surface area contributed by atoms with E-state index in [-0.39, 0.29) is 0 Å². The number of pyridine rings is 1. The van der Waals surface area contributed by atoms with E-state index in [9.17, 15) is 0 Å². The third-order valence-corrected chi connectivity index (χ3v) is 3.76. The van der Waals surface area contributed by atoms with E-state index in [2.05, 4.69) is 54.1 Å². The van der Waals surface area contributed by atoms with Gasteiger partial charge >= 0.3 is 0 Å². The summed E-state index contributed by atoms with van der Waals surface area (Å²) in [5, 5.41) is 0. The summed E-state index contributed by atoms with van der Waals surface area (Å²) in [6, 6.07) is 10.6. The molecule has 0 bridgehead atoms. The molecule has 3 heteroatoms. The van der Waals surface area contributed by atoms with Crippen molar-refractivity contribution in [1.29, 1.82) is 0 Å². The minimum Gasteiger partial charge on any atom is -0.379 e. The quantitative estimate of drug-likeness (QED) is 0.516. The highest BCUT2D eigenvalue weighted by molar-refractivity contribution is 5.76. The third-order valence-electron chi connectivity index (χ3n) is 3.76. The Morgan fingerprint density at radius 2 is 1.96 bits per heavy atom. The fourth-order valence-corrected chi connectivity index (χ4v) is 2.68. The van der Waals surface area contributed by atoms with Crippen molar-refractivity contribution in [2.24, 2.45) is 0 Å². The van der Waals surface area contributed by atoms with Gasteiger partial charge in [-0.15, -0.1) is 0 Å². The van der Waals surface area contributed by atoms with Gasteiger partial charge < -0.3 is 9.47 Å². The molecular formula is C20H21NO2. The molecule has 1 aliphatic rings. The van der Waals surface area contributed by atoms with Crippen LogP contribution in [-0.2, 0) is 15.9 Å². The summed E-state index contributed by atoms with van der Waals surface area (Å²) in [6.07, 6.45) is 3.80. The van der Waals surface area contributed by atoms with Gasteiger partial charge in [0.25, 0.3) is 0 Å². The van der Waals surface area contributed by atoms with Crippen LogP contribution in [0.15, 0.2) is 36.5 Å². The molecule has 2 aromatic rings. The van der Waals surface area contributed by atoms with Crippen LogP contribution in [0.1, 0.15) is 30.2 Å². The molecule has 3 rings (SSSR count).